The highest BCUT2D eigenvalue weighted by Gasteiger charge is 2.19. The molecule has 0 atom stereocenters. The summed E-state index contributed by atoms with van der Waals surface area (Å²) in [6.45, 7) is 0. The molecule has 0 spiro atoms. The largest absolute Gasteiger partial charge is 0.0616 e. The van der Waals surface area contributed by atoms with Gasteiger partial charge in [-0.1, -0.05) is 54.6 Å². The number of benzene rings is 3. The van der Waals surface area contributed by atoms with Crippen LogP contribution < -0.4 is 0 Å². The van der Waals surface area contributed by atoms with Crippen molar-refractivity contribution in [2.24, 2.45) is 0 Å². The molecule has 5 rings (SSSR count). The molecule has 0 heterocycles. The van der Waals surface area contributed by atoms with Crippen molar-refractivity contribution in [1.29, 1.82) is 0 Å². The molecule has 0 aromatic heterocycles. The third-order valence-electron chi connectivity index (χ3n) is 5.52. The van der Waals surface area contributed by atoms with E-state index in [4.69, 9.17) is 0 Å². The highest BCUT2D eigenvalue weighted by Crippen LogP contribution is 2.37. The molecule has 0 radical (unpaired) electrons. The predicted molar refractivity (Wildman–Crippen MR) is 117 cm³/mol. The van der Waals surface area contributed by atoms with Gasteiger partial charge >= 0.3 is 0 Å². The Kier molecular flexibility index (Phi) is 3.78. The Bertz CT molecular complexity index is 1050. The van der Waals surface area contributed by atoms with Crippen LogP contribution in [0.5, 0.6) is 0 Å². The van der Waals surface area contributed by atoms with E-state index in [2.05, 4.69) is 89.3 Å². The molecular weight excluding hydrogens is 415 g/mol. The lowest BCUT2D eigenvalue weighted by atomic mass is 9.82. The van der Waals surface area contributed by atoms with Crippen molar-refractivity contribution in [3.63, 3.8) is 0 Å². The third-order valence-corrected chi connectivity index (χ3v) is 6.37. The van der Waals surface area contributed by atoms with Crippen LogP contribution in [-0.4, -0.2) is 0 Å². The zero-order valence-electron chi connectivity index (χ0n) is 14.1. The predicted octanol–water partition coefficient (Wildman–Crippen LogP) is 7.05. The molecule has 0 amide bonds. The van der Waals surface area contributed by atoms with Crippen molar-refractivity contribution in [1.82, 2.24) is 0 Å². The topological polar surface area (TPSA) is 0 Å². The quantitative estimate of drug-likeness (QED) is 0.360. The summed E-state index contributed by atoms with van der Waals surface area (Å²) in [6.07, 6.45) is 9.50. The van der Waals surface area contributed by atoms with E-state index in [1.165, 1.54) is 55.9 Å². The summed E-state index contributed by atoms with van der Waals surface area (Å²) in [5, 5.41) is 2.65. The van der Waals surface area contributed by atoms with Crippen LogP contribution in [0, 0.1) is 0 Å². The van der Waals surface area contributed by atoms with Gasteiger partial charge in [0.05, 0.1) is 0 Å². The lowest BCUT2D eigenvalue weighted by Crippen LogP contribution is -2.07. The van der Waals surface area contributed by atoms with Crippen LogP contribution in [-0.2, 0) is 12.8 Å². The first-order valence-electron chi connectivity index (χ1n) is 8.98. The zero-order chi connectivity index (χ0) is 16.8. The van der Waals surface area contributed by atoms with Gasteiger partial charge in [0, 0.05) is 0 Å². The van der Waals surface area contributed by atoms with Gasteiger partial charge in [0.15, 0.2) is 0 Å². The average molecular weight is 434 g/mol. The van der Waals surface area contributed by atoms with Gasteiger partial charge in [-0.05, 0) is 108 Å². The highest BCUT2D eigenvalue weighted by molar-refractivity contribution is 14.1. The van der Waals surface area contributed by atoms with E-state index in [1.54, 1.807) is 11.1 Å². The van der Waals surface area contributed by atoms with Gasteiger partial charge in [0.25, 0.3) is 0 Å². The first-order valence-corrected chi connectivity index (χ1v) is 10.1. The molecule has 0 bridgehead atoms. The fourth-order valence-electron chi connectivity index (χ4n) is 4.21. The molecule has 122 valence electrons. The fourth-order valence-corrected chi connectivity index (χ4v) is 4.82. The maximum absolute atomic E-state index is 2.48. The van der Waals surface area contributed by atoms with Gasteiger partial charge in [-0.25, -0.2) is 0 Å². The van der Waals surface area contributed by atoms with Crippen molar-refractivity contribution >= 4 is 51.1 Å². The Labute approximate surface area is 162 Å². The first kappa shape index (κ1) is 15.4. The molecule has 3 aromatic carbocycles. The molecule has 2 aliphatic rings. The number of allylic oxidation sites excluding steroid dienone is 2. The van der Waals surface area contributed by atoms with Crippen LogP contribution in [0.25, 0.3) is 28.5 Å². The molecule has 0 fully saturated rings. The minimum absolute atomic E-state index is 1.14. The molecule has 1 heteroatoms. The van der Waals surface area contributed by atoms with Gasteiger partial charge in [-0.15, -0.1) is 0 Å². The SMILES string of the molecule is IC1=Cc2ccc3c(c2CC1)CCC(c1ccc2ccccc2c1)=C3. The van der Waals surface area contributed by atoms with Crippen LogP contribution in [0.15, 0.2) is 58.2 Å². The molecule has 0 saturated heterocycles. The molecule has 3 aromatic rings. The summed E-state index contributed by atoms with van der Waals surface area (Å²) in [4.78, 5) is 0. The zero-order valence-corrected chi connectivity index (χ0v) is 16.2. The van der Waals surface area contributed by atoms with E-state index in [1.807, 2.05) is 0 Å². The molecular formula is C24H19I. The number of hydrogen-bond donors (Lipinski definition) is 0. The van der Waals surface area contributed by atoms with E-state index >= 15 is 0 Å². The van der Waals surface area contributed by atoms with Gasteiger partial charge < -0.3 is 0 Å². The summed E-state index contributed by atoms with van der Waals surface area (Å²) >= 11 is 2.48. The Morgan fingerprint density at radius 2 is 1.36 bits per heavy atom. The van der Waals surface area contributed by atoms with Crippen molar-refractivity contribution in [3.05, 3.63) is 86.0 Å². The second kappa shape index (κ2) is 6.14. The number of rotatable bonds is 1. The minimum Gasteiger partial charge on any atom is -0.0616 e. The van der Waals surface area contributed by atoms with Crippen LogP contribution in [0.4, 0.5) is 0 Å². The normalized spacial score (nSPS) is 16.0. The van der Waals surface area contributed by atoms with Gasteiger partial charge in [0.1, 0.15) is 0 Å². The van der Waals surface area contributed by atoms with Crippen LogP contribution >= 0.6 is 22.6 Å². The lowest BCUT2D eigenvalue weighted by Gasteiger charge is -2.24. The summed E-state index contributed by atoms with van der Waals surface area (Å²) in [5.41, 5.74) is 8.89. The van der Waals surface area contributed by atoms with Crippen LogP contribution in [0.1, 0.15) is 40.7 Å². The molecule has 25 heavy (non-hydrogen) atoms. The molecule has 0 aliphatic heterocycles. The Balaban J connectivity index is 1.59. The van der Waals surface area contributed by atoms with Crippen LogP contribution in [0.3, 0.4) is 0 Å². The van der Waals surface area contributed by atoms with Crippen molar-refractivity contribution < 1.29 is 0 Å². The smallest absolute Gasteiger partial charge is 0.00847 e. The summed E-state index contributed by atoms with van der Waals surface area (Å²) < 4.78 is 1.48. The molecule has 0 nitrogen and oxygen atoms in total. The molecule has 0 unspecified atom stereocenters. The summed E-state index contributed by atoms with van der Waals surface area (Å²) in [7, 11) is 0. The Hall–Kier alpha value is -1.87. The maximum atomic E-state index is 2.48. The van der Waals surface area contributed by atoms with Crippen molar-refractivity contribution in [2.45, 2.75) is 25.7 Å². The standard InChI is InChI=1S/C24H19I/c25-22-10-12-24-21(15-22)8-7-20-14-19(9-11-23(20)24)18-6-5-16-3-1-2-4-17(16)13-18/h1-8,13-15H,9-12H2. The van der Waals surface area contributed by atoms with Gasteiger partial charge in [0.2, 0.25) is 0 Å². The summed E-state index contributed by atoms with van der Waals surface area (Å²) in [6, 6.07) is 20.1. The van der Waals surface area contributed by atoms with Crippen molar-refractivity contribution in [3.8, 4) is 0 Å². The van der Waals surface area contributed by atoms with E-state index in [0.29, 0.717) is 0 Å². The molecule has 0 N–H and O–H groups in total. The number of halogens is 1. The molecule has 0 saturated carbocycles. The lowest BCUT2D eigenvalue weighted by molar-refractivity contribution is 0.910. The second-order valence-electron chi connectivity index (χ2n) is 7.02. The van der Waals surface area contributed by atoms with E-state index in [0.717, 1.165) is 6.42 Å². The van der Waals surface area contributed by atoms with E-state index < -0.39 is 0 Å². The first-order chi connectivity index (χ1) is 12.3. The Morgan fingerprint density at radius 3 is 2.20 bits per heavy atom. The molecule has 2 aliphatic carbocycles. The van der Waals surface area contributed by atoms with E-state index in [-0.39, 0.29) is 0 Å². The van der Waals surface area contributed by atoms with Crippen LogP contribution in [0.2, 0.25) is 0 Å². The fraction of sp³-hybridized carbons (Fsp3) is 0.167. The monoisotopic (exact) mass is 434 g/mol. The highest BCUT2D eigenvalue weighted by atomic mass is 127. The number of hydrogen-bond acceptors (Lipinski definition) is 0. The minimum atomic E-state index is 1.14. The Morgan fingerprint density at radius 1 is 0.640 bits per heavy atom. The maximum Gasteiger partial charge on any atom is -0.00847 e. The van der Waals surface area contributed by atoms with Crippen molar-refractivity contribution in [2.75, 3.05) is 0 Å². The van der Waals surface area contributed by atoms with Gasteiger partial charge in [-0.2, -0.15) is 0 Å². The van der Waals surface area contributed by atoms with E-state index in [9.17, 15) is 0 Å². The second-order valence-corrected chi connectivity index (χ2v) is 8.41. The average Bonchev–Trinajstić information content (AvgIpc) is 2.66. The third kappa shape index (κ3) is 2.75. The summed E-state index contributed by atoms with van der Waals surface area (Å²) in [5.74, 6) is 0. The van der Waals surface area contributed by atoms with Gasteiger partial charge in [-0.3, -0.25) is 0 Å². The number of fused-ring (bicyclic) bond motifs is 4.